The second kappa shape index (κ2) is 10.7. The number of carboxylic acids is 1. The van der Waals surface area contributed by atoms with Crippen molar-refractivity contribution in [1.29, 1.82) is 0 Å². The Balaban J connectivity index is 1.60. The molecule has 0 aliphatic rings. The van der Waals surface area contributed by atoms with Crippen LogP contribution in [0.2, 0.25) is 0 Å². The quantitative estimate of drug-likeness (QED) is 0.206. The van der Waals surface area contributed by atoms with E-state index in [1.54, 1.807) is 48.5 Å². The van der Waals surface area contributed by atoms with Crippen LogP contribution < -0.4 is 4.18 Å². The molecule has 7 nitrogen and oxygen atoms in total. The van der Waals surface area contributed by atoms with Gasteiger partial charge in [0.05, 0.1) is 16.6 Å². The maximum atomic E-state index is 12.8. The van der Waals surface area contributed by atoms with Crippen molar-refractivity contribution in [3.05, 3.63) is 108 Å². The standard InChI is InChI=1S/C31H28N2O5S/c1-3-4-14-30-32-28-18-16-23(38-39(36,37)24-10-6-5-7-11-24)20-29(28)33(30)22-15-17-25(21(2)19-22)26-12-8-9-13-27(26)31(34)35/h5-13,15-20H,3-4,14H2,1-2H3,(H,34,35). The number of nitrogens with zero attached hydrogens (tertiary/aromatic N) is 2. The molecule has 0 saturated carbocycles. The highest BCUT2D eigenvalue weighted by Gasteiger charge is 2.20. The van der Waals surface area contributed by atoms with Gasteiger partial charge in [-0.2, -0.15) is 8.42 Å². The van der Waals surface area contributed by atoms with Crippen LogP contribution in [-0.2, 0) is 16.5 Å². The number of carbonyl (C=O) groups is 1. The van der Waals surface area contributed by atoms with Gasteiger partial charge in [-0.3, -0.25) is 4.57 Å². The lowest BCUT2D eigenvalue weighted by Gasteiger charge is -2.14. The van der Waals surface area contributed by atoms with Gasteiger partial charge in [-0.15, -0.1) is 0 Å². The van der Waals surface area contributed by atoms with Crippen molar-refractivity contribution in [2.45, 2.75) is 38.0 Å². The Hall–Kier alpha value is -4.43. The first-order chi connectivity index (χ1) is 18.8. The Kier molecular flexibility index (Phi) is 7.21. The number of aromatic carboxylic acids is 1. The van der Waals surface area contributed by atoms with Crippen molar-refractivity contribution in [2.24, 2.45) is 0 Å². The average molecular weight is 541 g/mol. The van der Waals surface area contributed by atoms with Gasteiger partial charge in [0.2, 0.25) is 0 Å². The third-order valence-electron chi connectivity index (χ3n) is 6.60. The number of aryl methyl sites for hydroxylation is 2. The second-order valence-electron chi connectivity index (χ2n) is 9.32. The van der Waals surface area contributed by atoms with Gasteiger partial charge >= 0.3 is 16.1 Å². The first kappa shape index (κ1) is 26.2. The largest absolute Gasteiger partial charge is 0.478 e. The topological polar surface area (TPSA) is 98.5 Å². The van der Waals surface area contributed by atoms with E-state index in [2.05, 4.69) is 6.92 Å². The molecule has 5 rings (SSSR count). The Morgan fingerprint density at radius 1 is 0.923 bits per heavy atom. The maximum absolute atomic E-state index is 12.8. The summed E-state index contributed by atoms with van der Waals surface area (Å²) < 4.78 is 33.2. The summed E-state index contributed by atoms with van der Waals surface area (Å²) in [6.45, 7) is 4.06. The highest BCUT2D eigenvalue weighted by Crippen LogP contribution is 2.32. The molecule has 0 unspecified atom stereocenters. The van der Waals surface area contributed by atoms with Crippen LogP contribution in [-0.4, -0.2) is 29.0 Å². The molecule has 0 radical (unpaired) electrons. The molecule has 0 spiro atoms. The fraction of sp³-hybridized carbons (Fsp3) is 0.161. The van der Waals surface area contributed by atoms with E-state index in [9.17, 15) is 18.3 Å². The highest BCUT2D eigenvalue weighted by molar-refractivity contribution is 7.87. The summed E-state index contributed by atoms with van der Waals surface area (Å²) in [5.41, 5.74) is 4.92. The molecule has 0 atom stereocenters. The number of imidazole rings is 1. The Labute approximate surface area is 227 Å². The average Bonchev–Trinajstić information content (AvgIpc) is 3.29. The Morgan fingerprint density at radius 2 is 1.67 bits per heavy atom. The smallest absolute Gasteiger partial charge is 0.339 e. The first-order valence-electron chi connectivity index (χ1n) is 12.7. The minimum Gasteiger partial charge on any atom is -0.478 e. The molecule has 0 fully saturated rings. The normalized spacial score (nSPS) is 11.5. The summed E-state index contributed by atoms with van der Waals surface area (Å²) in [6, 6.07) is 25.9. The predicted octanol–water partition coefficient (Wildman–Crippen LogP) is 6.81. The summed E-state index contributed by atoms with van der Waals surface area (Å²) in [5.74, 6) is 0.0702. The molecule has 0 aliphatic carbocycles. The summed E-state index contributed by atoms with van der Waals surface area (Å²) >= 11 is 0. The third-order valence-corrected chi connectivity index (χ3v) is 7.86. The summed E-state index contributed by atoms with van der Waals surface area (Å²) in [7, 11) is -4.00. The lowest BCUT2D eigenvalue weighted by Crippen LogP contribution is -2.09. The van der Waals surface area contributed by atoms with Gasteiger partial charge in [0.25, 0.3) is 0 Å². The van der Waals surface area contributed by atoms with Crippen LogP contribution in [0.1, 0.15) is 41.5 Å². The van der Waals surface area contributed by atoms with Gasteiger partial charge in [-0.25, -0.2) is 9.78 Å². The molecule has 1 heterocycles. The van der Waals surface area contributed by atoms with Gasteiger partial charge in [0, 0.05) is 18.2 Å². The molecule has 0 bridgehead atoms. The molecule has 198 valence electrons. The fourth-order valence-electron chi connectivity index (χ4n) is 4.70. The van der Waals surface area contributed by atoms with Crippen LogP contribution in [0.25, 0.3) is 27.8 Å². The van der Waals surface area contributed by atoms with E-state index in [1.807, 2.05) is 41.8 Å². The second-order valence-corrected chi connectivity index (χ2v) is 10.9. The third kappa shape index (κ3) is 5.28. The minimum atomic E-state index is -4.00. The van der Waals surface area contributed by atoms with Gasteiger partial charge in [-0.1, -0.05) is 55.8 Å². The minimum absolute atomic E-state index is 0.0788. The van der Waals surface area contributed by atoms with E-state index in [1.165, 1.54) is 12.1 Å². The first-order valence-corrected chi connectivity index (χ1v) is 14.1. The monoisotopic (exact) mass is 540 g/mol. The van der Waals surface area contributed by atoms with Crippen LogP contribution in [0.15, 0.2) is 95.9 Å². The Bertz CT molecular complexity index is 1780. The zero-order valence-electron chi connectivity index (χ0n) is 21.7. The van der Waals surface area contributed by atoms with E-state index in [0.717, 1.165) is 52.9 Å². The SMILES string of the molecule is CCCCc1nc2ccc(OS(=O)(=O)c3ccccc3)cc2n1-c1ccc(-c2ccccc2C(=O)O)c(C)c1. The van der Waals surface area contributed by atoms with E-state index >= 15 is 0 Å². The van der Waals surface area contributed by atoms with Gasteiger partial charge in [0.1, 0.15) is 16.5 Å². The van der Waals surface area contributed by atoms with E-state index in [0.29, 0.717) is 5.56 Å². The van der Waals surface area contributed by atoms with Crippen LogP contribution in [0.5, 0.6) is 5.75 Å². The molecule has 4 aromatic carbocycles. The number of benzene rings is 4. The highest BCUT2D eigenvalue weighted by atomic mass is 32.2. The molecular weight excluding hydrogens is 512 g/mol. The van der Waals surface area contributed by atoms with Gasteiger partial charge in [-0.05, 0) is 72.5 Å². The summed E-state index contributed by atoms with van der Waals surface area (Å²) in [4.78, 5) is 16.7. The Morgan fingerprint density at radius 3 is 2.38 bits per heavy atom. The number of unbranched alkanes of at least 4 members (excludes halogenated alkanes) is 1. The molecule has 39 heavy (non-hydrogen) atoms. The van der Waals surface area contributed by atoms with Crippen molar-refractivity contribution in [2.75, 3.05) is 0 Å². The molecular formula is C31H28N2O5S. The number of fused-ring (bicyclic) bond motifs is 1. The van der Waals surface area contributed by atoms with Crippen LogP contribution in [0.3, 0.4) is 0 Å². The fourth-order valence-corrected chi connectivity index (χ4v) is 5.65. The van der Waals surface area contributed by atoms with Crippen molar-refractivity contribution in [3.63, 3.8) is 0 Å². The lowest BCUT2D eigenvalue weighted by atomic mass is 9.95. The number of carboxylic acid groups (broad SMARTS) is 1. The molecule has 0 amide bonds. The maximum Gasteiger partial charge on any atom is 0.339 e. The summed E-state index contributed by atoms with van der Waals surface area (Å²) in [5, 5.41) is 9.67. The molecule has 5 aromatic rings. The molecule has 0 saturated heterocycles. The molecule has 1 aromatic heterocycles. The van der Waals surface area contributed by atoms with Crippen LogP contribution >= 0.6 is 0 Å². The van der Waals surface area contributed by atoms with Gasteiger partial charge < -0.3 is 9.29 Å². The van der Waals surface area contributed by atoms with Crippen molar-refractivity contribution in [3.8, 4) is 22.6 Å². The molecule has 1 N–H and O–H groups in total. The zero-order valence-corrected chi connectivity index (χ0v) is 22.5. The number of rotatable bonds is 9. The molecule has 8 heteroatoms. The molecule has 0 aliphatic heterocycles. The van der Waals surface area contributed by atoms with E-state index in [4.69, 9.17) is 9.17 Å². The van der Waals surface area contributed by atoms with E-state index in [-0.39, 0.29) is 16.2 Å². The van der Waals surface area contributed by atoms with Crippen molar-refractivity contribution < 1.29 is 22.5 Å². The number of hydrogen-bond acceptors (Lipinski definition) is 5. The summed E-state index contributed by atoms with van der Waals surface area (Å²) in [6.07, 6.45) is 2.68. The van der Waals surface area contributed by atoms with Crippen molar-refractivity contribution >= 4 is 27.1 Å². The predicted molar refractivity (Wildman–Crippen MR) is 151 cm³/mol. The van der Waals surface area contributed by atoms with Crippen LogP contribution in [0, 0.1) is 6.92 Å². The van der Waals surface area contributed by atoms with E-state index < -0.39 is 16.1 Å². The van der Waals surface area contributed by atoms with Gasteiger partial charge in [0.15, 0.2) is 0 Å². The number of aromatic nitrogens is 2. The number of hydrogen-bond donors (Lipinski definition) is 1. The van der Waals surface area contributed by atoms with Crippen LogP contribution in [0.4, 0.5) is 0 Å². The van der Waals surface area contributed by atoms with Crippen molar-refractivity contribution in [1.82, 2.24) is 9.55 Å². The zero-order chi connectivity index (χ0) is 27.6. The lowest BCUT2D eigenvalue weighted by molar-refractivity contribution is 0.0697.